The van der Waals surface area contributed by atoms with Crippen molar-refractivity contribution >= 4 is 17.1 Å². The molecule has 0 unspecified atom stereocenters. The molecular weight excluding hydrogens is 453 g/mol. The number of hydrogen-bond donors (Lipinski definition) is 2. The molecule has 0 spiro atoms. The second-order valence-electron chi connectivity index (χ2n) is 8.60. The van der Waals surface area contributed by atoms with Crippen LogP contribution in [0.5, 0.6) is 11.8 Å². The maximum atomic E-state index is 15.0. The minimum absolute atomic E-state index is 0.00445. The first-order valence-electron chi connectivity index (χ1n) is 11.4. The lowest BCUT2D eigenvalue weighted by molar-refractivity contribution is -0.138. The van der Waals surface area contributed by atoms with Gasteiger partial charge in [-0.05, 0) is 49.8 Å². The highest BCUT2D eigenvalue weighted by atomic mass is 19.1. The molecule has 0 saturated heterocycles. The number of aromatic amines is 1. The minimum atomic E-state index is -0.754. The molecule has 0 atom stereocenters. The molecule has 3 aromatic heterocycles. The topological polar surface area (TPSA) is 123 Å². The van der Waals surface area contributed by atoms with E-state index in [2.05, 4.69) is 24.9 Å². The molecule has 10 heteroatoms. The second kappa shape index (κ2) is 9.65. The number of nitrogens with one attached hydrogen (secondary N) is 1. The van der Waals surface area contributed by atoms with Gasteiger partial charge in [0, 0.05) is 18.1 Å². The van der Waals surface area contributed by atoms with Crippen LogP contribution < -0.4 is 9.47 Å². The van der Waals surface area contributed by atoms with Crippen molar-refractivity contribution < 1.29 is 23.8 Å². The van der Waals surface area contributed by atoms with Gasteiger partial charge in [0.25, 0.3) is 0 Å². The Hall–Kier alpha value is -4.08. The Morgan fingerprint density at radius 2 is 1.91 bits per heavy atom. The minimum Gasteiger partial charge on any atom is -0.481 e. The normalized spacial score (nSPS) is 17.9. The summed E-state index contributed by atoms with van der Waals surface area (Å²) in [4.78, 5) is 31.3. The van der Waals surface area contributed by atoms with Gasteiger partial charge in [0.2, 0.25) is 11.8 Å². The van der Waals surface area contributed by atoms with E-state index in [0.29, 0.717) is 45.6 Å². The monoisotopic (exact) mass is 477 g/mol. The number of pyridine rings is 1. The van der Waals surface area contributed by atoms with Crippen LogP contribution in [0, 0.1) is 11.7 Å². The maximum Gasteiger partial charge on any atom is 0.303 e. The number of hydrogen-bond acceptors (Lipinski definition) is 7. The lowest BCUT2D eigenvalue weighted by Gasteiger charge is -2.27. The average molecular weight is 477 g/mol. The number of carboxylic acids is 1. The number of imidazole rings is 1. The molecule has 9 nitrogen and oxygen atoms in total. The van der Waals surface area contributed by atoms with E-state index >= 15 is 0 Å². The molecule has 2 N–H and O–H groups in total. The number of aliphatic carboxylic acids is 1. The summed E-state index contributed by atoms with van der Waals surface area (Å²) < 4.78 is 26.0. The zero-order chi connectivity index (χ0) is 24.4. The van der Waals surface area contributed by atoms with Gasteiger partial charge in [-0.2, -0.15) is 4.98 Å². The van der Waals surface area contributed by atoms with Gasteiger partial charge in [-0.1, -0.05) is 6.07 Å². The molecule has 3 heterocycles. The third-order valence-electron chi connectivity index (χ3n) is 6.22. The van der Waals surface area contributed by atoms with Crippen molar-refractivity contribution in [2.24, 2.45) is 5.92 Å². The van der Waals surface area contributed by atoms with Crippen LogP contribution in [0.15, 0.2) is 42.7 Å². The van der Waals surface area contributed by atoms with Crippen LogP contribution in [-0.2, 0) is 4.79 Å². The first-order chi connectivity index (χ1) is 17.0. The van der Waals surface area contributed by atoms with Crippen molar-refractivity contribution in [1.82, 2.24) is 24.9 Å². The number of carboxylic acid groups (broad SMARTS) is 1. The van der Waals surface area contributed by atoms with E-state index in [9.17, 15) is 9.18 Å². The highest BCUT2D eigenvalue weighted by Gasteiger charge is 2.24. The Balaban J connectivity index is 1.26. The summed E-state index contributed by atoms with van der Waals surface area (Å²) in [5.41, 5.74) is 2.54. The summed E-state index contributed by atoms with van der Waals surface area (Å²) in [6.45, 7) is 0. The third kappa shape index (κ3) is 5.06. The molecule has 1 saturated carbocycles. The molecule has 5 rings (SSSR count). The van der Waals surface area contributed by atoms with E-state index in [1.54, 1.807) is 30.5 Å². The van der Waals surface area contributed by atoms with Crippen LogP contribution in [0.2, 0.25) is 0 Å². The molecule has 1 aliphatic rings. The van der Waals surface area contributed by atoms with Crippen LogP contribution in [0.25, 0.3) is 33.8 Å². The van der Waals surface area contributed by atoms with Crippen LogP contribution in [0.3, 0.4) is 0 Å². The lowest BCUT2D eigenvalue weighted by Crippen LogP contribution is -2.25. The molecular formula is C25H24FN5O4. The third-order valence-corrected chi connectivity index (χ3v) is 6.22. The Kier molecular flexibility index (Phi) is 6.26. The number of aromatic nitrogens is 5. The number of benzene rings is 1. The highest BCUT2D eigenvalue weighted by molar-refractivity contribution is 5.77. The van der Waals surface area contributed by atoms with Crippen LogP contribution in [-0.4, -0.2) is 49.2 Å². The van der Waals surface area contributed by atoms with Gasteiger partial charge in [-0.3, -0.25) is 4.79 Å². The number of methoxy groups -OCH3 is 1. The predicted molar refractivity (Wildman–Crippen MR) is 125 cm³/mol. The molecule has 4 aromatic rings. The molecule has 0 amide bonds. The van der Waals surface area contributed by atoms with Crippen molar-refractivity contribution in [3.05, 3.63) is 48.5 Å². The molecule has 180 valence electrons. The molecule has 1 aromatic carbocycles. The Morgan fingerprint density at radius 1 is 1.09 bits per heavy atom. The number of nitrogens with zero attached hydrogens (tertiary/aromatic N) is 4. The van der Waals surface area contributed by atoms with Crippen molar-refractivity contribution in [3.63, 3.8) is 0 Å². The van der Waals surface area contributed by atoms with E-state index in [-0.39, 0.29) is 18.4 Å². The largest absolute Gasteiger partial charge is 0.481 e. The van der Waals surface area contributed by atoms with Gasteiger partial charge in [-0.25, -0.2) is 19.3 Å². The molecule has 1 fully saturated rings. The van der Waals surface area contributed by atoms with E-state index in [4.69, 9.17) is 14.6 Å². The number of carbonyl (C=O) groups is 1. The van der Waals surface area contributed by atoms with Gasteiger partial charge in [0.05, 0.1) is 36.3 Å². The summed E-state index contributed by atoms with van der Waals surface area (Å²) in [7, 11) is 1.52. The summed E-state index contributed by atoms with van der Waals surface area (Å²) in [6.07, 6.45) is 6.51. The number of rotatable bonds is 7. The number of ether oxygens (including phenoxy) is 2. The number of H-pyrrole nitrogens is 1. The fraction of sp³-hybridized carbons (Fsp3) is 0.320. The lowest BCUT2D eigenvalue weighted by atomic mass is 9.85. The van der Waals surface area contributed by atoms with Crippen molar-refractivity contribution in [3.8, 4) is 34.4 Å². The fourth-order valence-electron chi connectivity index (χ4n) is 4.38. The van der Waals surface area contributed by atoms with E-state index in [1.807, 2.05) is 0 Å². The van der Waals surface area contributed by atoms with Crippen LogP contribution in [0.4, 0.5) is 4.39 Å². The van der Waals surface area contributed by atoms with E-state index < -0.39 is 11.8 Å². The highest BCUT2D eigenvalue weighted by Crippen LogP contribution is 2.30. The average Bonchev–Trinajstić information content (AvgIpc) is 3.28. The second-order valence-corrected chi connectivity index (χ2v) is 8.60. The standard InChI is InChI=1S/C25H24FN5O4/c1-34-21-9-8-19-25(30-21)31-24(29-19)17-7-4-15(11-18(17)26)20-12-28-22(13-27-20)35-16-5-2-14(3-6-16)10-23(32)33/h4,7-9,11-14,16H,2-3,5-6,10H2,1H3,(H,32,33)(H,29,30,31). The molecule has 0 bridgehead atoms. The Bertz CT molecular complexity index is 1350. The van der Waals surface area contributed by atoms with Gasteiger partial charge < -0.3 is 19.6 Å². The zero-order valence-electron chi connectivity index (χ0n) is 19.1. The Morgan fingerprint density at radius 3 is 2.60 bits per heavy atom. The van der Waals surface area contributed by atoms with Crippen molar-refractivity contribution in [2.75, 3.05) is 7.11 Å². The zero-order valence-corrected chi connectivity index (χ0v) is 19.1. The van der Waals surface area contributed by atoms with Crippen LogP contribution >= 0.6 is 0 Å². The summed E-state index contributed by atoms with van der Waals surface area (Å²) in [5, 5.41) is 8.94. The smallest absolute Gasteiger partial charge is 0.303 e. The van der Waals surface area contributed by atoms with Crippen molar-refractivity contribution in [2.45, 2.75) is 38.2 Å². The maximum absolute atomic E-state index is 15.0. The number of halogens is 1. The van der Waals surface area contributed by atoms with Crippen molar-refractivity contribution in [1.29, 1.82) is 0 Å². The van der Waals surface area contributed by atoms with Gasteiger partial charge in [0.1, 0.15) is 17.7 Å². The SMILES string of the molecule is COc1ccc2[nH]c(-c3ccc(-c4cnc(OC5CCC(CC(=O)O)CC5)cn4)cc3F)nc2n1. The van der Waals surface area contributed by atoms with Gasteiger partial charge in [0.15, 0.2) is 5.65 Å². The first kappa shape index (κ1) is 22.7. The summed E-state index contributed by atoms with van der Waals surface area (Å²) in [6, 6.07) is 8.28. The molecule has 0 radical (unpaired) electrons. The molecule has 1 aliphatic carbocycles. The van der Waals surface area contributed by atoms with E-state index in [0.717, 1.165) is 25.7 Å². The molecule has 35 heavy (non-hydrogen) atoms. The predicted octanol–water partition coefficient (Wildman–Crippen LogP) is 4.64. The first-order valence-corrected chi connectivity index (χ1v) is 11.4. The van der Waals surface area contributed by atoms with E-state index in [1.165, 1.54) is 19.4 Å². The van der Waals surface area contributed by atoms with Gasteiger partial charge in [-0.15, -0.1) is 0 Å². The summed E-state index contributed by atoms with van der Waals surface area (Å²) >= 11 is 0. The quantitative estimate of drug-likeness (QED) is 0.395. The number of fused-ring (bicyclic) bond motifs is 1. The van der Waals surface area contributed by atoms with Gasteiger partial charge >= 0.3 is 5.97 Å². The molecule has 0 aliphatic heterocycles. The van der Waals surface area contributed by atoms with Crippen LogP contribution in [0.1, 0.15) is 32.1 Å². The summed E-state index contributed by atoms with van der Waals surface area (Å²) in [5.74, 6) is 0.209. The fourth-order valence-corrected chi connectivity index (χ4v) is 4.38. The Labute approximate surface area is 200 Å².